The maximum Gasteiger partial charge on any atom is 0.193 e. The highest BCUT2D eigenvalue weighted by atomic mass is 16.3. The van der Waals surface area contributed by atoms with Crippen molar-refractivity contribution in [2.24, 2.45) is 10.9 Å². The van der Waals surface area contributed by atoms with Gasteiger partial charge in [0.2, 0.25) is 0 Å². The summed E-state index contributed by atoms with van der Waals surface area (Å²) < 4.78 is 0. The van der Waals surface area contributed by atoms with Crippen LogP contribution in [0.5, 0.6) is 0 Å². The van der Waals surface area contributed by atoms with Crippen molar-refractivity contribution in [3.05, 3.63) is 71.3 Å². The quantitative estimate of drug-likeness (QED) is 0.555. The van der Waals surface area contributed by atoms with E-state index >= 15 is 0 Å². The lowest BCUT2D eigenvalue weighted by atomic mass is 9.82. The second-order valence-corrected chi connectivity index (χ2v) is 9.45. The van der Waals surface area contributed by atoms with Crippen molar-refractivity contribution in [3.63, 3.8) is 0 Å². The first-order valence-electron chi connectivity index (χ1n) is 12.1. The maximum absolute atomic E-state index is 9.68. The van der Waals surface area contributed by atoms with Gasteiger partial charge >= 0.3 is 0 Å². The normalized spacial score (nSPS) is 23.3. The molecule has 5 heteroatoms. The summed E-state index contributed by atoms with van der Waals surface area (Å²) in [5, 5.41) is 13.3. The Labute approximate surface area is 193 Å². The molecule has 2 aromatic carbocycles. The largest absolute Gasteiger partial charge is 0.393 e. The average Bonchev–Trinajstić information content (AvgIpc) is 2.83. The van der Waals surface area contributed by atoms with Crippen molar-refractivity contribution in [2.45, 2.75) is 51.3 Å². The minimum atomic E-state index is -0.110. The number of guanidine groups is 1. The highest BCUT2D eigenvalue weighted by Crippen LogP contribution is 2.32. The molecule has 2 aromatic rings. The molecule has 0 aliphatic carbocycles. The van der Waals surface area contributed by atoms with Crippen molar-refractivity contribution >= 4 is 5.96 Å². The van der Waals surface area contributed by atoms with Crippen LogP contribution in [0.2, 0.25) is 0 Å². The maximum atomic E-state index is 9.68. The molecule has 0 bridgehead atoms. The van der Waals surface area contributed by atoms with Gasteiger partial charge in [-0.3, -0.25) is 9.89 Å². The van der Waals surface area contributed by atoms with Crippen LogP contribution in [0.25, 0.3) is 0 Å². The van der Waals surface area contributed by atoms with Gasteiger partial charge in [0.15, 0.2) is 5.96 Å². The van der Waals surface area contributed by atoms with Crippen molar-refractivity contribution in [2.75, 3.05) is 33.2 Å². The summed E-state index contributed by atoms with van der Waals surface area (Å²) in [6, 6.07) is 19.8. The van der Waals surface area contributed by atoms with Gasteiger partial charge < -0.3 is 15.3 Å². The van der Waals surface area contributed by atoms with E-state index in [1.54, 1.807) is 0 Å². The van der Waals surface area contributed by atoms with E-state index in [0.717, 1.165) is 64.5 Å². The van der Waals surface area contributed by atoms with E-state index in [1.165, 1.54) is 16.7 Å². The molecule has 172 valence electrons. The Kier molecular flexibility index (Phi) is 7.82. The average molecular weight is 435 g/mol. The first kappa shape index (κ1) is 22.8. The Hall–Kier alpha value is -2.37. The Balaban J connectivity index is 1.26. The summed E-state index contributed by atoms with van der Waals surface area (Å²) in [5.41, 5.74) is 4.07. The second kappa shape index (κ2) is 11.0. The third-order valence-corrected chi connectivity index (χ3v) is 7.08. The molecule has 2 unspecified atom stereocenters. The zero-order valence-corrected chi connectivity index (χ0v) is 19.6. The predicted octanol–water partition coefficient (Wildman–Crippen LogP) is 3.84. The predicted molar refractivity (Wildman–Crippen MR) is 132 cm³/mol. The van der Waals surface area contributed by atoms with Gasteiger partial charge in [-0.05, 0) is 47.8 Å². The molecule has 2 saturated heterocycles. The number of aliphatic hydroxyl groups excluding tert-OH is 1. The van der Waals surface area contributed by atoms with Crippen LogP contribution in [0.1, 0.15) is 48.8 Å². The Morgan fingerprint density at radius 1 is 0.969 bits per heavy atom. The lowest BCUT2D eigenvalue weighted by molar-refractivity contribution is 0.0792. The van der Waals surface area contributed by atoms with Crippen LogP contribution in [-0.4, -0.2) is 60.2 Å². The van der Waals surface area contributed by atoms with Crippen LogP contribution < -0.4 is 5.32 Å². The number of benzene rings is 2. The molecule has 32 heavy (non-hydrogen) atoms. The summed E-state index contributed by atoms with van der Waals surface area (Å²) in [6.07, 6.45) is 2.83. The van der Waals surface area contributed by atoms with E-state index in [2.05, 4.69) is 81.6 Å². The topological polar surface area (TPSA) is 51.1 Å². The summed E-state index contributed by atoms with van der Waals surface area (Å²) in [7, 11) is 1.88. The first-order valence-corrected chi connectivity index (χ1v) is 12.1. The number of piperidine rings is 2. The third-order valence-electron chi connectivity index (χ3n) is 7.08. The first-order chi connectivity index (χ1) is 15.6. The second-order valence-electron chi connectivity index (χ2n) is 9.45. The number of nitrogens with zero attached hydrogens (tertiary/aromatic N) is 3. The number of likely N-dealkylation sites (tertiary alicyclic amines) is 2. The SMILES string of the molecule is CN=C(NCc1ccc(CN2CCC(O)CC2)cc1)N1CCC(c2ccccc2)C(C)C1. The van der Waals surface area contributed by atoms with E-state index in [4.69, 9.17) is 0 Å². The minimum Gasteiger partial charge on any atom is -0.393 e. The molecule has 0 amide bonds. The molecule has 2 heterocycles. The standard InChI is InChI=1S/C27H38N4O/c1-21-19-31(17-14-26(21)24-6-4-3-5-7-24)27(28-2)29-18-22-8-10-23(11-9-22)20-30-15-12-25(32)13-16-30/h3-11,21,25-26,32H,12-20H2,1-2H3,(H,28,29). The van der Waals surface area contributed by atoms with Gasteiger partial charge in [-0.25, -0.2) is 0 Å². The van der Waals surface area contributed by atoms with Crippen molar-refractivity contribution in [3.8, 4) is 0 Å². The van der Waals surface area contributed by atoms with E-state index in [9.17, 15) is 5.11 Å². The fourth-order valence-electron chi connectivity index (χ4n) is 5.14. The number of aliphatic imine (C=N–C) groups is 1. The van der Waals surface area contributed by atoms with E-state index < -0.39 is 0 Å². The fraction of sp³-hybridized carbons (Fsp3) is 0.519. The molecule has 2 N–H and O–H groups in total. The van der Waals surface area contributed by atoms with Gasteiger partial charge in [-0.15, -0.1) is 0 Å². The molecule has 0 spiro atoms. The lowest BCUT2D eigenvalue weighted by Gasteiger charge is -2.39. The fourth-order valence-corrected chi connectivity index (χ4v) is 5.14. The van der Waals surface area contributed by atoms with E-state index in [-0.39, 0.29) is 6.10 Å². The molecular formula is C27H38N4O. The Morgan fingerprint density at radius 3 is 2.31 bits per heavy atom. The van der Waals surface area contributed by atoms with Crippen LogP contribution >= 0.6 is 0 Å². The zero-order valence-electron chi connectivity index (χ0n) is 19.6. The monoisotopic (exact) mass is 434 g/mol. The van der Waals surface area contributed by atoms with Crippen LogP contribution in [-0.2, 0) is 13.1 Å². The Bertz CT molecular complexity index is 859. The van der Waals surface area contributed by atoms with Crippen LogP contribution in [0.15, 0.2) is 59.6 Å². The summed E-state index contributed by atoms with van der Waals surface area (Å²) in [4.78, 5) is 9.40. The molecule has 2 fully saturated rings. The van der Waals surface area contributed by atoms with Crippen LogP contribution in [0, 0.1) is 5.92 Å². The lowest BCUT2D eigenvalue weighted by Crippen LogP contribution is -2.47. The Morgan fingerprint density at radius 2 is 1.66 bits per heavy atom. The van der Waals surface area contributed by atoms with Gasteiger partial charge in [-0.1, -0.05) is 61.5 Å². The number of aliphatic hydroxyl groups is 1. The van der Waals surface area contributed by atoms with Crippen LogP contribution in [0.4, 0.5) is 0 Å². The van der Waals surface area contributed by atoms with E-state index in [1.807, 2.05) is 7.05 Å². The van der Waals surface area contributed by atoms with Crippen molar-refractivity contribution in [1.29, 1.82) is 0 Å². The third kappa shape index (κ3) is 5.90. The molecule has 4 rings (SSSR count). The molecule has 0 radical (unpaired) electrons. The minimum absolute atomic E-state index is 0.110. The van der Waals surface area contributed by atoms with Gasteiger partial charge in [0.05, 0.1) is 6.10 Å². The summed E-state index contributed by atoms with van der Waals surface area (Å²) in [5.74, 6) is 2.22. The van der Waals surface area contributed by atoms with E-state index in [0.29, 0.717) is 11.8 Å². The smallest absolute Gasteiger partial charge is 0.193 e. The van der Waals surface area contributed by atoms with Gasteiger partial charge in [0.1, 0.15) is 0 Å². The molecule has 2 aliphatic heterocycles. The molecule has 5 nitrogen and oxygen atoms in total. The molecular weight excluding hydrogens is 396 g/mol. The van der Waals surface area contributed by atoms with Crippen molar-refractivity contribution < 1.29 is 5.11 Å². The highest BCUT2D eigenvalue weighted by molar-refractivity contribution is 5.80. The van der Waals surface area contributed by atoms with Gasteiger partial charge in [0, 0.05) is 46.3 Å². The summed E-state index contributed by atoms with van der Waals surface area (Å²) >= 11 is 0. The molecule has 2 atom stereocenters. The van der Waals surface area contributed by atoms with Gasteiger partial charge in [0.25, 0.3) is 0 Å². The highest BCUT2D eigenvalue weighted by Gasteiger charge is 2.28. The molecule has 0 saturated carbocycles. The zero-order chi connectivity index (χ0) is 22.3. The number of nitrogens with one attached hydrogen (secondary N) is 1. The number of hydrogen-bond donors (Lipinski definition) is 2. The van der Waals surface area contributed by atoms with Crippen LogP contribution in [0.3, 0.4) is 0 Å². The number of hydrogen-bond acceptors (Lipinski definition) is 3. The molecule has 2 aliphatic rings. The number of rotatable bonds is 5. The van der Waals surface area contributed by atoms with Crippen molar-refractivity contribution in [1.82, 2.24) is 15.1 Å². The van der Waals surface area contributed by atoms with Gasteiger partial charge in [-0.2, -0.15) is 0 Å². The summed E-state index contributed by atoms with van der Waals surface area (Å²) in [6.45, 7) is 8.15. The molecule has 0 aromatic heterocycles.